The van der Waals surface area contributed by atoms with Gasteiger partial charge in [-0.2, -0.15) is 5.26 Å². The van der Waals surface area contributed by atoms with Crippen LogP contribution in [0.3, 0.4) is 0 Å². The molecule has 0 aliphatic carbocycles. The van der Waals surface area contributed by atoms with E-state index in [0.29, 0.717) is 47.0 Å². The van der Waals surface area contributed by atoms with Crippen molar-refractivity contribution in [1.29, 1.82) is 5.26 Å². The third kappa shape index (κ3) is 7.07. The summed E-state index contributed by atoms with van der Waals surface area (Å²) in [7, 11) is 0. The van der Waals surface area contributed by atoms with E-state index in [4.69, 9.17) is 28.5 Å². The lowest BCUT2D eigenvalue weighted by atomic mass is 10.1. The molecular formula is C26H29Cl2N5O. The highest BCUT2D eigenvalue weighted by Gasteiger charge is 2.19. The van der Waals surface area contributed by atoms with Crippen LogP contribution < -0.4 is 5.43 Å². The predicted octanol–water partition coefficient (Wildman–Crippen LogP) is 5.62. The topological polar surface area (TPSA) is 74.0 Å². The normalized spacial score (nSPS) is 11.7. The number of nitrogens with one attached hydrogen (secondary N) is 1. The highest BCUT2D eigenvalue weighted by Crippen LogP contribution is 2.26. The summed E-state index contributed by atoms with van der Waals surface area (Å²) >= 11 is 12.6. The molecule has 1 heterocycles. The van der Waals surface area contributed by atoms with Crippen LogP contribution in [0.2, 0.25) is 10.0 Å². The zero-order valence-electron chi connectivity index (χ0n) is 19.5. The largest absolute Gasteiger partial charge is 0.330 e. The van der Waals surface area contributed by atoms with E-state index in [9.17, 15) is 4.79 Å². The van der Waals surface area contributed by atoms with Gasteiger partial charge in [-0.3, -0.25) is 9.80 Å². The molecule has 1 amide bonds. The summed E-state index contributed by atoms with van der Waals surface area (Å²) in [4.78, 5) is 17.8. The smallest absolute Gasteiger partial charge is 0.244 e. The van der Waals surface area contributed by atoms with E-state index in [1.807, 2.05) is 35.0 Å². The molecule has 1 atom stereocenters. The van der Waals surface area contributed by atoms with Gasteiger partial charge in [0.1, 0.15) is 5.82 Å². The van der Waals surface area contributed by atoms with Crippen LogP contribution in [-0.2, 0) is 24.3 Å². The van der Waals surface area contributed by atoms with Crippen LogP contribution in [-0.4, -0.2) is 27.0 Å². The third-order valence-electron chi connectivity index (χ3n) is 5.84. The molecule has 0 spiro atoms. The first-order valence-corrected chi connectivity index (χ1v) is 12.1. The first-order chi connectivity index (χ1) is 16.4. The lowest BCUT2D eigenvalue weighted by molar-refractivity contribution is -0.134. The molecule has 0 saturated carbocycles. The van der Waals surface area contributed by atoms with Crippen LogP contribution in [0.4, 0.5) is 0 Å². The molecule has 0 aliphatic heterocycles. The Balaban J connectivity index is 1.73. The van der Waals surface area contributed by atoms with E-state index in [1.54, 1.807) is 29.4 Å². The van der Waals surface area contributed by atoms with Crippen molar-refractivity contribution in [2.45, 2.75) is 46.2 Å². The number of benzene rings is 2. The Kier molecular flexibility index (Phi) is 9.52. The lowest BCUT2D eigenvalue weighted by Gasteiger charge is -2.25. The van der Waals surface area contributed by atoms with Crippen LogP contribution in [0, 0.1) is 17.2 Å². The second kappa shape index (κ2) is 12.6. The maximum atomic E-state index is 13.3. The van der Waals surface area contributed by atoms with Crippen molar-refractivity contribution in [3.8, 4) is 6.07 Å². The van der Waals surface area contributed by atoms with E-state index >= 15 is 0 Å². The highest BCUT2D eigenvalue weighted by atomic mass is 35.5. The van der Waals surface area contributed by atoms with Crippen molar-refractivity contribution < 1.29 is 4.79 Å². The molecule has 3 aromatic rings. The molecule has 0 fully saturated rings. The van der Waals surface area contributed by atoms with Crippen LogP contribution >= 0.6 is 23.2 Å². The zero-order valence-corrected chi connectivity index (χ0v) is 21.0. The molecule has 0 unspecified atom stereocenters. The van der Waals surface area contributed by atoms with E-state index in [0.717, 1.165) is 24.0 Å². The number of hydrogen-bond acceptors (Lipinski definition) is 4. The summed E-state index contributed by atoms with van der Waals surface area (Å²) in [6.07, 6.45) is 5.73. The average molecular weight is 498 g/mol. The van der Waals surface area contributed by atoms with Gasteiger partial charge in [0.05, 0.1) is 34.6 Å². The zero-order chi connectivity index (χ0) is 24.5. The second-order valence-electron chi connectivity index (χ2n) is 8.36. The fourth-order valence-corrected chi connectivity index (χ4v) is 3.87. The first kappa shape index (κ1) is 25.8. The molecule has 3 rings (SSSR count). The minimum atomic E-state index is -0.104. The summed E-state index contributed by atoms with van der Waals surface area (Å²) in [6, 6.07) is 15.0. The van der Waals surface area contributed by atoms with Gasteiger partial charge in [0.15, 0.2) is 0 Å². The van der Waals surface area contributed by atoms with E-state index in [1.165, 1.54) is 0 Å². The van der Waals surface area contributed by atoms with E-state index in [2.05, 4.69) is 30.3 Å². The molecule has 34 heavy (non-hydrogen) atoms. The molecule has 0 radical (unpaired) electrons. The summed E-state index contributed by atoms with van der Waals surface area (Å²) in [5.74, 6) is 1.12. The summed E-state index contributed by atoms with van der Waals surface area (Å²) in [5, 5.41) is 11.5. The Morgan fingerprint density at radius 1 is 1.24 bits per heavy atom. The number of imidazole rings is 1. The fraction of sp³-hybridized carbons (Fsp3) is 0.346. The molecule has 2 aromatic carbocycles. The van der Waals surface area contributed by atoms with Crippen molar-refractivity contribution in [1.82, 2.24) is 20.0 Å². The molecule has 6 nitrogen and oxygen atoms in total. The van der Waals surface area contributed by atoms with Gasteiger partial charge in [-0.1, -0.05) is 67.7 Å². The third-order valence-corrected chi connectivity index (χ3v) is 6.70. The highest BCUT2D eigenvalue weighted by molar-refractivity contribution is 6.42. The first-order valence-electron chi connectivity index (χ1n) is 11.4. The van der Waals surface area contributed by atoms with Crippen molar-refractivity contribution in [2.24, 2.45) is 5.92 Å². The Morgan fingerprint density at radius 2 is 2.00 bits per heavy atom. The fourth-order valence-electron chi connectivity index (χ4n) is 3.49. The Hall–Kier alpha value is -2.85. The molecule has 178 valence electrons. The number of hydrazine groups is 1. The number of amides is 1. The van der Waals surface area contributed by atoms with E-state index < -0.39 is 0 Å². The van der Waals surface area contributed by atoms with Gasteiger partial charge >= 0.3 is 0 Å². The van der Waals surface area contributed by atoms with Crippen LogP contribution in [0.5, 0.6) is 0 Å². The Labute approximate surface area is 211 Å². The lowest BCUT2D eigenvalue weighted by Crippen LogP contribution is -2.44. The Bertz CT molecular complexity index is 1140. The minimum absolute atomic E-state index is 0.104. The van der Waals surface area contributed by atoms with Gasteiger partial charge < -0.3 is 4.57 Å². The van der Waals surface area contributed by atoms with Crippen LogP contribution in [0.1, 0.15) is 49.2 Å². The maximum absolute atomic E-state index is 13.3. The van der Waals surface area contributed by atoms with Crippen molar-refractivity contribution in [3.05, 3.63) is 87.4 Å². The van der Waals surface area contributed by atoms with Gasteiger partial charge in [-0.05, 0) is 41.7 Å². The standard InChI is InChI=1S/C26H29Cl2N5O/c1-3-19(2)11-12-31-33(18-22-5-4-6-23(27)26(22)28)25(34)15-24-30-13-14-32(24)17-21-9-7-20(16-29)8-10-21/h4-10,13-14,19,31H,3,11-12,15,17-18H2,1-2H3/t19-/m1/s1. The van der Waals surface area contributed by atoms with Crippen LogP contribution in [0.25, 0.3) is 0 Å². The number of carbonyl (C=O) groups is 1. The molecular weight excluding hydrogens is 469 g/mol. The Morgan fingerprint density at radius 3 is 2.71 bits per heavy atom. The number of nitriles is 1. The summed E-state index contributed by atoms with van der Waals surface area (Å²) in [6.45, 7) is 5.90. The number of rotatable bonds is 11. The van der Waals surface area contributed by atoms with Crippen molar-refractivity contribution >= 4 is 29.1 Å². The maximum Gasteiger partial charge on any atom is 0.244 e. The van der Waals surface area contributed by atoms with Gasteiger partial charge in [0, 0.05) is 25.5 Å². The number of aromatic nitrogens is 2. The number of halogens is 2. The number of hydrogen-bond donors (Lipinski definition) is 1. The van der Waals surface area contributed by atoms with Crippen molar-refractivity contribution in [2.75, 3.05) is 6.54 Å². The van der Waals surface area contributed by atoms with Crippen molar-refractivity contribution in [3.63, 3.8) is 0 Å². The van der Waals surface area contributed by atoms with E-state index in [-0.39, 0.29) is 12.3 Å². The predicted molar refractivity (Wildman–Crippen MR) is 135 cm³/mol. The molecule has 0 aliphatic rings. The van der Waals surface area contributed by atoms with Gasteiger partial charge in [-0.25, -0.2) is 10.4 Å². The molecule has 8 heteroatoms. The summed E-state index contributed by atoms with van der Waals surface area (Å²) in [5.41, 5.74) is 5.71. The molecule has 0 saturated heterocycles. The van der Waals surface area contributed by atoms with Crippen LogP contribution in [0.15, 0.2) is 54.9 Å². The average Bonchev–Trinajstić information content (AvgIpc) is 3.27. The van der Waals surface area contributed by atoms with Gasteiger partial charge in [0.2, 0.25) is 5.91 Å². The van der Waals surface area contributed by atoms with Gasteiger partial charge in [0.25, 0.3) is 0 Å². The second-order valence-corrected chi connectivity index (χ2v) is 9.15. The molecule has 0 bridgehead atoms. The summed E-state index contributed by atoms with van der Waals surface area (Å²) < 4.78 is 1.95. The minimum Gasteiger partial charge on any atom is -0.330 e. The number of nitrogens with zero attached hydrogens (tertiary/aromatic N) is 4. The monoisotopic (exact) mass is 497 g/mol. The number of carbonyl (C=O) groups excluding carboxylic acids is 1. The SMILES string of the molecule is CC[C@@H](C)CCNN(Cc1cccc(Cl)c1Cl)C(=O)Cc1nccn1Cc1ccc(C#N)cc1. The molecule has 1 aromatic heterocycles. The molecule has 1 N–H and O–H groups in total. The quantitative estimate of drug-likeness (QED) is 0.348. The van der Waals surface area contributed by atoms with Gasteiger partial charge in [-0.15, -0.1) is 0 Å².